The van der Waals surface area contributed by atoms with Gasteiger partial charge in [0, 0.05) is 45.2 Å². The molecule has 4 unspecified atom stereocenters. The SMILES string of the molecule is COC(=O)c1c(Cc2ccc(C(=O)NC3C4CC5C[C@@H]3CC(N)(C5)C4)cc2)c(=O)c2ccc(Cl)cc2n1-c1ccccc1. The molecule has 0 spiro atoms. The van der Waals surface area contributed by atoms with Gasteiger partial charge in [0.1, 0.15) is 5.69 Å². The molecular formula is C35H34ClN3O4. The number of carbonyl (C=O) groups is 2. The zero-order chi connectivity index (χ0) is 29.9. The van der Waals surface area contributed by atoms with E-state index >= 15 is 0 Å². The number of esters is 1. The average Bonchev–Trinajstić information content (AvgIpc) is 2.99. The number of nitrogens with two attached hydrogens (primary N) is 1. The Bertz CT molecular complexity index is 1780. The Morgan fingerprint density at radius 3 is 2.35 bits per heavy atom. The molecule has 4 aromatic rings. The molecule has 1 aromatic heterocycles. The maximum Gasteiger partial charge on any atom is 0.355 e. The second kappa shape index (κ2) is 10.6. The molecule has 1 amide bonds. The van der Waals surface area contributed by atoms with Gasteiger partial charge in [0.05, 0.1) is 12.6 Å². The van der Waals surface area contributed by atoms with Crippen LogP contribution in [0.5, 0.6) is 0 Å². The summed E-state index contributed by atoms with van der Waals surface area (Å²) in [5.74, 6) is 0.892. The number of para-hydroxylation sites is 1. The molecule has 4 aliphatic carbocycles. The van der Waals surface area contributed by atoms with Crippen LogP contribution in [0.1, 0.15) is 64.1 Å². The average molecular weight is 596 g/mol. The number of fused-ring (bicyclic) bond motifs is 1. The molecule has 0 aliphatic heterocycles. The van der Waals surface area contributed by atoms with E-state index in [1.807, 2.05) is 42.5 Å². The topological polar surface area (TPSA) is 103 Å². The van der Waals surface area contributed by atoms with E-state index in [1.165, 1.54) is 7.11 Å². The summed E-state index contributed by atoms with van der Waals surface area (Å²) >= 11 is 6.34. The molecular weight excluding hydrogens is 562 g/mol. The van der Waals surface area contributed by atoms with Crippen LogP contribution >= 0.6 is 11.6 Å². The maximum atomic E-state index is 13.9. The molecule has 4 fully saturated rings. The molecule has 4 saturated carbocycles. The lowest BCUT2D eigenvalue weighted by Gasteiger charge is -2.58. The Balaban J connectivity index is 1.21. The first-order valence-electron chi connectivity index (χ1n) is 14.9. The molecule has 5 atom stereocenters. The van der Waals surface area contributed by atoms with Gasteiger partial charge in [-0.1, -0.05) is 41.9 Å². The van der Waals surface area contributed by atoms with Gasteiger partial charge in [-0.15, -0.1) is 0 Å². The van der Waals surface area contributed by atoms with Crippen LogP contribution in [0.4, 0.5) is 0 Å². The first-order chi connectivity index (χ1) is 20.7. The largest absolute Gasteiger partial charge is 0.464 e. The van der Waals surface area contributed by atoms with Crippen LogP contribution in [-0.2, 0) is 11.2 Å². The van der Waals surface area contributed by atoms with Crippen LogP contribution in [0.25, 0.3) is 16.6 Å². The van der Waals surface area contributed by atoms with E-state index in [2.05, 4.69) is 5.32 Å². The number of pyridine rings is 1. The summed E-state index contributed by atoms with van der Waals surface area (Å²) in [4.78, 5) is 40.5. The number of carbonyl (C=O) groups excluding carboxylic acids is 2. The quantitative estimate of drug-likeness (QED) is 0.280. The number of benzene rings is 3. The van der Waals surface area contributed by atoms with Gasteiger partial charge in [0.2, 0.25) is 0 Å². The molecule has 3 aromatic carbocycles. The van der Waals surface area contributed by atoms with Gasteiger partial charge < -0.3 is 20.4 Å². The minimum atomic E-state index is -0.622. The summed E-state index contributed by atoms with van der Waals surface area (Å²) in [6, 6.07) is 21.8. The van der Waals surface area contributed by atoms with Crippen molar-refractivity contribution in [2.45, 2.75) is 50.1 Å². The molecule has 7 nitrogen and oxygen atoms in total. The number of hydrogen-bond donors (Lipinski definition) is 2. The maximum absolute atomic E-state index is 13.9. The third-order valence-electron chi connectivity index (χ3n) is 9.84. The van der Waals surface area contributed by atoms with Gasteiger partial charge in [-0.2, -0.15) is 0 Å². The van der Waals surface area contributed by atoms with Crippen LogP contribution in [0.15, 0.2) is 77.6 Å². The zero-order valence-corrected chi connectivity index (χ0v) is 24.8. The number of hydrogen-bond acceptors (Lipinski definition) is 5. The fourth-order valence-corrected chi connectivity index (χ4v) is 8.43. The van der Waals surface area contributed by atoms with Crippen molar-refractivity contribution in [1.82, 2.24) is 9.88 Å². The van der Waals surface area contributed by atoms with E-state index in [0.29, 0.717) is 50.5 Å². The van der Waals surface area contributed by atoms with E-state index in [-0.39, 0.29) is 35.0 Å². The number of rotatable bonds is 6. The number of halogens is 1. The van der Waals surface area contributed by atoms with Crippen LogP contribution in [-0.4, -0.2) is 35.1 Å². The van der Waals surface area contributed by atoms with Crippen molar-refractivity contribution < 1.29 is 14.3 Å². The molecule has 0 radical (unpaired) electrons. The van der Waals surface area contributed by atoms with E-state index in [1.54, 1.807) is 34.9 Å². The van der Waals surface area contributed by atoms with Crippen molar-refractivity contribution in [1.29, 1.82) is 0 Å². The van der Waals surface area contributed by atoms with E-state index in [9.17, 15) is 14.4 Å². The highest BCUT2D eigenvalue weighted by Gasteiger charge is 2.54. The zero-order valence-electron chi connectivity index (χ0n) is 24.0. The lowest BCUT2D eigenvalue weighted by Crippen LogP contribution is -2.64. The van der Waals surface area contributed by atoms with Crippen LogP contribution in [0, 0.1) is 17.8 Å². The van der Waals surface area contributed by atoms with Crippen molar-refractivity contribution >= 4 is 34.4 Å². The normalized spacial score (nSPS) is 25.6. The standard InChI is InChI=1S/C35H34ClN3O4/c1-43-34(42)31-28(32(40)27-12-11-25(36)16-29(27)39(31)26-5-3-2-4-6-26)15-20-7-9-22(10-8-20)33(41)38-30-23-13-21-14-24(30)19-35(37,17-21)18-23/h2-12,16,21,23-24,30H,13-15,17-19,37H2,1H3,(H,38,41)/t21?,23-,24?,30?,35?/m1/s1. The van der Waals surface area contributed by atoms with Gasteiger partial charge in [-0.05, 0) is 97.9 Å². The number of nitrogens with one attached hydrogen (secondary N) is 1. The summed E-state index contributed by atoms with van der Waals surface area (Å²) in [6.45, 7) is 0. The van der Waals surface area contributed by atoms with Gasteiger partial charge >= 0.3 is 5.97 Å². The number of methoxy groups -OCH3 is 1. The van der Waals surface area contributed by atoms with E-state index in [4.69, 9.17) is 22.1 Å². The first kappa shape index (κ1) is 27.9. The Morgan fingerprint density at radius 1 is 1.00 bits per heavy atom. The molecule has 43 heavy (non-hydrogen) atoms. The molecule has 4 bridgehead atoms. The van der Waals surface area contributed by atoms with Gasteiger partial charge in [-0.25, -0.2) is 4.79 Å². The Hall–Kier alpha value is -3.94. The monoisotopic (exact) mass is 595 g/mol. The minimum absolute atomic E-state index is 0.0451. The second-order valence-corrected chi connectivity index (χ2v) is 13.1. The smallest absolute Gasteiger partial charge is 0.355 e. The third-order valence-corrected chi connectivity index (χ3v) is 10.1. The molecule has 220 valence electrons. The summed E-state index contributed by atoms with van der Waals surface area (Å²) in [6.07, 6.45) is 5.60. The predicted molar refractivity (Wildman–Crippen MR) is 167 cm³/mol. The van der Waals surface area contributed by atoms with Gasteiger partial charge in [0.25, 0.3) is 5.91 Å². The molecule has 3 N–H and O–H groups in total. The Morgan fingerprint density at radius 2 is 1.70 bits per heavy atom. The van der Waals surface area contributed by atoms with Crippen molar-refractivity contribution in [2.24, 2.45) is 23.5 Å². The lowest BCUT2D eigenvalue weighted by atomic mass is 9.51. The fraction of sp³-hybridized carbons (Fsp3) is 0.343. The van der Waals surface area contributed by atoms with Crippen LogP contribution in [0.3, 0.4) is 0 Å². The number of ether oxygens (including phenoxy) is 1. The Labute approximate surface area is 255 Å². The Kier molecular flexibility index (Phi) is 6.90. The summed E-state index contributed by atoms with van der Waals surface area (Å²) in [5, 5.41) is 4.23. The van der Waals surface area contributed by atoms with Crippen LogP contribution in [0.2, 0.25) is 5.02 Å². The van der Waals surface area contributed by atoms with Gasteiger partial charge in [-0.3, -0.25) is 9.59 Å². The van der Waals surface area contributed by atoms with E-state index < -0.39 is 5.97 Å². The molecule has 1 heterocycles. The van der Waals surface area contributed by atoms with Crippen molar-refractivity contribution in [2.75, 3.05) is 7.11 Å². The molecule has 4 aliphatic rings. The summed E-state index contributed by atoms with van der Waals surface area (Å²) in [7, 11) is 1.30. The summed E-state index contributed by atoms with van der Waals surface area (Å²) in [5.41, 5.74) is 9.40. The first-order valence-corrected chi connectivity index (χ1v) is 15.3. The second-order valence-electron chi connectivity index (χ2n) is 12.7. The van der Waals surface area contributed by atoms with Crippen molar-refractivity contribution in [3.63, 3.8) is 0 Å². The van der Waals surface area contributed by atoms with Crippen LogP contribution < -0.4 is 16.5 Å². The van der Waals surface area contributed by atoms with E-state index in [0.717, 1.165) is 37.7 Å². The lowest BCUT2D eigenvalue weighted by molar-refractivity contribution is -0.0278. The highest BCUT2D eigenvalue weighted by atomic mass is 35.5. The number of amides is 1. The van der Waals surface area contributed by atoms with Gasteiger partial charge in [0.15, 0.2) is 5.43 Å². The number of nitrogens with zero attached hydrogens (tertiary/aromatic N) is 1. The minimum Gasteiger partial charge on any atom is -0.464 e. The highest BCUT2D eigenvalue weighted by molar-refractivity contribution is 6.31. The molecule has 8 rings (SSSR count). The van der Waals surface area contributed by atoms with Crippen molar-refractivity contribution in [3.8, 4) is 5.69 Å². The highest BCUT2D eigenvalue weighted by Crippen LogP contribution is 2.54. The molecule has 8 heteroatoms. The third kappa shape index (κ3) is 4.94. The van der Waals surface area contributed by atoms with Crippen molar-refractivity contribution in [3.05, 3.63) is 110 Å². The number of aromatic nitrogens is 1. The fourth-order valence-electron chi connectivity index (χ4n) is 8.26. The predicted octanol–water partition coefficient (Wildman–Crippen LogP) is 5.66. The summed E-state index contributed by atoms with van der Waals surface area (Å²) < 4.78 is 6.93. The molecule has 0 saturated heterocycles.